The molecule has 104 valence electrons. The van der Waals surface area contributed by atoms with E-state index >= 15 is 0 Å². The number of fused-ring (bicyclic) bond motifs is 1. The molecule has 0 spiro atoms. The molecule has 3 rings (SSSR count). The van der Waals surface area contributed by atoms with Gasteiger partial charge in [-0.25, -0.2) is 0 Å². The summed E-state index contributed by atoms with van der Waals surface area (Å²) < 4.78 is 0. The average molecular weight is 267 g/mol. The lowest BCUT2D eigenvalue weighted by molar-refractivity contribution is 0.168. The van der Waals surface area contributed by atoms with Gasteiger partial charge in [0.05, 0.1) is 6.04 Å². The fraction of sp³-hybridized carbons (Fsp3) is 0.333. The van der Waals surface area contributed by atoms with Crippen LogP contribution in [-0.2, 0) is 0 Å². The van der Waals surface area contributed by atoms with Gasteiger partial charge < -0.3 is 10.0 Å². The molecule has 0 amide bonds. The van der Waals surface area contributed by atoms with E-state index in [4.69, 9.17) is 0 Å². The third-order valence-corrected chi connectivity index (χ3v) is 4.39. The van der Waals surface area contributed by atoms with Crippen LogP contribution in [0.2, 0.25) is 0 Å². The van der Waals surface area contributed by atoms with Crippen molar-refractivity contribution >= 4 is 5.69 Å². The Bertz CT molecular complexity index is 581. The number of rotatable bonds is 3. The van der Waals surface area contributed by atoms with Crippen LogP contribution in [0, 0.1) is 5.92 Å². The van der Waals surface area contributed by atoms with Crippen molar-refractivity contribution in [3.63, 3.8) is 0 Å². The molecule has 2 aromatic rings. The van der Waals surface area contributed by atoms with Crippen LogP contribution in [0.5, 0.6) is 0 Å². The summed E-state index contributed by atoms with van der Waals surface area (Å²) in [5, 5.41) is 10.7. The Hall–Kier alpha value is -1.80. The Balaban J connectivity index is 2.10. The molecular formula is C18H21NO. The lowest BCUT2D eigenvalue weighted by atomic mass is 9.92. The van der Waals surface area contributed by atoms with E-state index in [0.29, 0.717) is 5.92 Å². The standard InChI is InChI=1S/C18H21NO/c1-3-13(2)17-15-11-7-8-12-16(15)18(20)19(17)14-9-5-4-6-10-14/h4-13,17-18,20H,3H2,1-2H3. The average Bonchev–Trinajstić information content (AvgIpc) is 2.81. The van der Waals surface area contributed by atoms with E-state index in [9.17, 15) is 5.11 Å². The smallest absolute Gasteiger partial charge is 0.154 e. The topological polar surface area (TPSA) is 23.5 Å². The summed E-state index contributed by atoms with van der Waals surface area (Å²) in [7, 11) is 0. The Morgan fingerprint density at radius 3 is 2.25 bits per heavy atom. The van der Waals surface area contributed by atoms with Gasteiger partial charge in [0.25, 0.3) is 0 Å². The van der Waals surface area contributed by atoms with Crippen LogP contribution in [0.3, 0.4) is 0 Å². The molecule has 0 bridgehead atoms. The van der Waals surface area contributed by atoms with Gasteiger partial charge in [0.15, 0.2) is 6.23 Å². The lowest BCUT2D eigenvalue weighted by Crippen LogP contribution is -2.29. The van der Waals surface area contributed by atoms with Crippen molar-refractivity contribution in [2.45, 2.75) is 32.5 Å². The van der Waals surface area contributed by atoms with Crippen molar-refractivity contribution < 1.29 is 5.11 Å². The van der Waals surface area contributed by atoms with Crippen molar-refractivity contribution in [2.24, 2.45) is 5.92 Å². The van der Waals surface area contributed by atoms with Gasteiger partial charge in [0, 0.05) is 11.3 Å². The Labute approximate surface area is 120 Å². The van der Waals surface area contributed by atoms with Crippen LogP contribution < -0.4 is 4.90 Å². The van der Waals surface area contributed by atoms with E-state index in [1.54, 1.807) is 0 Å². The highest BCUT2D eigenvalue weighted by Gasteiger charge is 2.39. The molecular weight excluding hydrogens is 246 g/mol. The first-order chi connectivity index (χ1) is 9.74. The zero-order chi connectivity index (χ0) is 14.1. The second-order valence-corrected chi connectivity index (χ2v) is 5.58. The highest BCUT2D eigenvalue weighted by atomic mass is 16.3. The number of hydrogen-bond donors (Lipinski definition) is 1. The van der Waals surface area contributed by atoms with Crippen LogP contribution >= 0.6 is 0 Å². The minimum Gasteiger partial charge on any atom is -0.369 e. The normalized spacial score (nSPS) is 22.6. The zero-order valence-electron chi connectivity index (χ0n) is 12.0. The molecule has 2 aromatic carbocycles. The van der Waals surface area contributed by atoms with E-state index in [1.165, 1.54) is 5.56 Å². The molecule has 2 nitrogen and oxygen atoms in total. The monoisotopic (exact) mass is 267 g/mol. The first-order valence-electron chi connectivity index (χ1n) is 7.34. The summed E-state index contributed by atoms with van der Waals surface area (Å²) in [6.45, 7) is 4.47. The minimum absolute atomic E-state index is 0.244. The van der Waals surface area contributed by atoms with Crippen LogP contribution in [0.15, 0.2) is 54.6 Å². The molecule has 1 heterocycles. The molecule has 0 saturated carbocycles. The van der Waals surface area contributed by atoms with Crippen LogP contribution in [-0.4, -0.2) is 5.11 Å². The summed E-state index contributed by atoms with van der Waals surface area (Å²) in [5.41, 5.74) is 3.39. The molecule has 0 aromatic heterocycles. The number of aliphatic hydroxyl groups is 1. The maximum Gasteiger partial charge on any atom is 0.154 e. The number of nitrogens with zero attached hydrogens (tertiary/aromatic N) is 1. The van der Waals surface area contributed by atoms with Crippen LogP contribution in [0.25, 0.3) is 0 Å². The third-order valence-electron chi connectivity index (χ3n) is 4.39. The van der Waals surface area contributed by atoms with Gasteiger partial charge in [0.2, 0.25) is 0 Å². The molecule has 1 aliphatic rings. The van der Waals surface area contributed by atoms with Crippen molar-refractivity contribution in [3.05, 3.63) is 65.7 Å². The number of hydrogen-bond acceptors (Lipinski definition) is 2. The number of benzene rings is 2. The van der Waals surface area contributed by atoms with Gasteiger partial charge in [-0.05, 0) is 23.6 Å². The second kappa shape index (κ2) is 5.29. The highest BCUT2D eigenvalue weighted by molar-refractivity contribution is 5.56. The molecule has 1 N–H and O–H groups in total. The minimum atomic E-state index is -0.549. The fourth-order valence-electron chi connectivity index (χ4n) is 3.17. The van der Waals surface area contributed by atoms with Crippen LogP contribution in [0.1, 0.15) is 43.7 Å². The largest absolute Gasteiger partial charge is 0.369 e. The predicted octanol–water partition coefficient (Wildman–Crippen LogP) is 4.28. The third kappa shape index (κ3) is 2.01. The zero-order valence-corrected chi connectivity index (χ0v) is 12.0. The molecule has 3 unspecified atom stereocenters. The Morgan fingerprint density at radius 2 is 1.60 bits per heavy atom. The summed E-state index contributed by atoms with van der Waals surface area (Å²) in [4.78, 5) is 2.15. The number of aliphatic hydroxyl groups excluding tert-OH is 1. The Morgan fingerprint density at radius 1 is 1.00 bits per heavy atom. The molecule has 0 radical (unpaired) electrons. The van der Waals surface area contributed by atoms with Crippen molar-refractivity contribution in [2.75, 3.05) is 4.90 Å². The first-order valence-corrected chi connectivity index (χ1v) is 7.34. The molecule has 2 heteroatoms. The predicted molar refractivity (Wildman–Crippen MR) is 82.5 cm³/mol. The molecule has 1 aliphatic heterocycles. The van der Waals surface area contributed by atoms with Crippen molar-refractivity contribution in [1.29, 1.82) is 0 Å². The molecule has 0 fully saturated rings. The van der Waals surface area contributed by atoms with E-state index < -0.39 is 6.23 Å². The summed E-state index contributed by atoms with van der Waals surface area (Å²) in [5.74, 6) is 0.494. The summed E-state index contributed by atoms with van der Waals surface area (Å²) >= 11 is 0. The Kier molecular flexibility index (Phi) is 3.49. The highest BCUT2D eigenvalue weighted by Crippen LogP contribution is 2.47. The van der Waals surface area contributed by atoms with Gasteiger partial charge in [-0.15, -0.1) is 0 Å². The summed E-state index contributed by atoms with van der Waals surface area (Å²) in [6.07, 6.45) is 0.544. The molecule has 0 aliphatic carbocycles. The van der Waals surface area contributed by atoms with Gasteiger partial charge >= 0.3 is 0 Å². The molecule has 3 atom stereocenters. The number of anilines is 1. The van der Waals surface area contributed by atoms with Crippen molar-refractivity contribution in [1.82, 2.24) is 0 Å². The van der Waals surface area contributed by atoms with Gasteiger partial charge in [-0.2, -0.15) is 0 Å². The molecule has 20 heavy (non-hydrogen) atoms. The SMILES string of the molecule is CCC(C)C1c2ccccc2C(O)N1c1ccccc1. The first kappa shape index (κ1) is 13.2. The molecule has 0 saturated heterocycles. The maximum absolute atomic E-state index is 10.7. The fourth-order valence-corrected chi connectivity index (χ4v) is 3.17. The second-order valence-electron chi connectivity index (χ2n) is 5.58. The van der Waals surface area contributed by atoms with E-state index in [2.05, 4.69) is 43.0 Å². The number of para-hydroxylation sites is 1. The van der Waals surface area contributed by atoms with E-state index in [-0.39, 0.29) is 6.04 Å². The van der Waals surface area contributed by atoms with E-state index in [1.807, 2.05) is 30.3 Å². The van der Waals surface area contributed by atoms with E-state index in [0.717, 1.165) is 17.7 Å². The summed E-state index contributed by atoms with van der Waals surface area (Å²) in [6, 6.07) is 18.7. The van der Waals surface area contributed by atoms with Crippen LogP contribution in [0.4, 0.5) is 5.69 Å². The van der Waals surface area contributed by atoms with Gasteiger partial charge in [-0.3, -0.25) is 0 Å². The maximum atomic E-state index is 10.7. The van der Waals surface area contributed by atoms with Gasteiger partial charge in [0.1, 0.15) is 0 Å². The van der Waals surface area contributed by atoms with Crippen molar-refractivity contribution in [3.8, 4) is 0 Å². The quantitative estimate of drug-likeness (QED) is 0.897. The lowest BCUT2D eigenvalue weighted by Gasteiger charge is -2.33. The van der Waals surface area contributed by atoms with Gasteiger partial charge in [-0.1, -0.05) is 62.7 Å².